The van der Waals surface area contributed by atoms with Gasteiger partial charge in [-0.15, -0.1) is 0 Å². The van der Waals surface area contributed by atoms with Crippen molar-refractivity contribution in [3.05, 3.63) is 94.6 Å². The molecule has 3 aromatic rings. The number of aromatic nitrogens is 1. The van der Waals surface area contributed by atoms with Gasteiger partial charge in [-0.25, -0.2) is 4.98 Å². The molecule has 0 saturated heterocycles. The number of pyridine rings is 1. The summed E-state index contributed by atoms with van der Waals surface area (Å²) in [4.78, 5) is 15.0. The predicted octanol–water partition coefficient (Wildman–Crippen LogP) is 8.25. The van der Waals surface area contributed by atoms with Crippen LogP contribution in [0.2, 0.25) is 5.02 Å². The zero-order valence-corrected chi connectivity index (χ0v) is 23.2. The third kappa shape index (κ3) is 11.1. The zero-order chi connectivity index (χ0) is 26.8. The third-order valence-corrected chi connectivity index (χ3v) is 5.33. The summed E-state index contributed by atoms with van der Waals surface area (Å²) in [5.41, 5.74) is 5.24. The lowest BCUT2D eigenvalue weighted by Gasteiger charge is -2.14. The van der Waals surface area contributed by atoms with Crippen molar-refractivity contribution < 1.29 is 4.79 Å². The van der Waals surface area contributed by atoms with E-state index in [1.54, 1.807) is 12.3 Å². The molecule has 0 radical (unpaired) electrons. The van der Waals surface area contributed by atoms with Gasteiger partial charge in [-0.1, -0.05) is 93.4 Å². The van der Waals surface area contributed by atoms with Gasteiger partial charge in [0.2, 0.25) is 6.41 Å². The lowest BCUT2D eigenvalue weighted by atomic mass is 10.1. The fraction of sp³-hybridized carbons (Fsp3) is 0.333. The van der Waals surface area contributed by atoms with Crippen molar-refractivity contribution in [1.29, 1.82) is 0 Å². The van der Waals surface area contributed by atoms with Gasteiger partial charge in [-0.05, 0) is 57.0 Å². The number of amides is 1. The van der Waals surface area contributed by atoms with E-state index in [4.69, 9.17) is 11.6 Å². The minimum atomic E-state index is 0.473. The first kappa shape index (κ1) is 30.9. The fourth-order valence-corrected chi connectivity index (χ4v) is 3.37. The summed E-state index contributed by atoms with van der Waals surface area (Å²) in [5, 5.41) is 10.0. The van der Waals surface area contributed by atoms with Crippen molar-refractivity contribution >= 4 is 35.2 Å². The Balaban J connectivity index is 0.000000371. The Labute approximate surface area is 222 Å². The fourth-order valence-electron chi connectivity index (χ4n) is 3.26. The largest absolute Gasteiger partial charge is 0.340 e. The lowest BCUT2D eigenvalue weighted by Crippen LogP contribution is -2.19. The molecule has 0 aliphatic carbocycles. The summed E-state index contributed by atoms with van der Waals surface area (Å²) in [6.07, 6.45) is 6.34. The maximum Gasteiger partial charge on any atom is 0.211 e. The summed E-state index contributed by atoms with van der Waals surface area (Å²) in [5.74, 6) is 0.694. The number of halogens is 1. The molecule has 1 heterocycles. The first-order valence-electron chi connectivity index (χ1n) is 12.7. The normalized spacial score (nSPS) is 11.2. The Morgan fingerprint density at radius 1 is 1.03 bits per heavy atom. The minimum Gasteiger partial charge on any atom is -0.340 e. The summed E-state index contributed by atoms with van der Waals surface area (Å²) in [6.45, 7) is 13.7. The van der Waals surface area contributed by atoms with Crippen LogP contribution >= 0.6 is 11.6 Å². The molecule has 0 saturated carbocycles. The van der Waals surface area contributed by atoms with Crippen LogP contribution in [0.1, 0.15) is 70.2 Å². The number of benzene rings is 2. The van der Waals surface area contributed by atoms with Gasteiger partial charge in [0.25, 0.3) is 0 Å². The zero-order valence-electron chi connectivity index (χ0n) is 22.4. The number of para-hydroxylation sites is 1. The number of allylic oxidation sites excluding steroid dienone is 1. The Bertz CT molecular complexity index is 1030. The smallest absolute Gasteiger partial charge is 0.211 e. The number of nitrogens with zero attached hydrogens (tertiary/aromatic N) is 1. The highest BCUT2D eigenvalue weighted by molar-refractivity contribution is 6.30. The van der Waals surface area contributed by atoms with Crippen molar-refractivity contribution in [1.82, 2.24) is 10.3 Å². The van der Waals surface area contributed by atoms with Crippen LogP contribution in [0.4, 0.5) is 11.5 Å². The second kappa shape index (κ2) is 18.2. The van der Waals surface area contributed by atoms with E-state index >= 15 is 0 Å². The standard InChI is InChI=1S/C16H16ClN3O.C12H19N.C2H6/c1-2-5-15(20-16-9-8-12(17)10-18-16)13-6-3-4-7-14(13)19-11-21;1-4-9-13-11(3)12-7-5-10(2)6-8-12;1-2/h3-11H,2H2,1H3,(H,18,20)(H,19,21);5-8,11,13H,4,9H2,1-3H3;1-2H3/b15-5+;;. The summed E-state index contributed by atoms with van der Waals surface area (Å²) in [7, 11) is 0. The van der Waals surface area contributed by atoms with E-state index in [1.807, 2.05) is 57.2 Å². The molecule has 36 heavy (non-hydrogen) atoms. The molecule has 194 valence electrons. The minimum absolute atomic E-state index is 0.473. The molecule has 5 nitrogen and oxygen atoms in total. The summed E-state index contributed by atoms with van der Waals surface area (Å²) < 4.78 is 0. The first-order chi connectivity index (χ1) is 17.5. The van der Waals surface area contributed by atoms with E-state index in [-0.39, 0.29) is 0 Å². The van der Waals surface area contributed by atoms with Crippen LogP contribution in [-0.4, -0.2) is 17.9 Å². The quantitative estimate of drug-likeness (QED) is 0.241. The van der Waals surface area contributed by atoms with Crippen molar-refractivity contribution in [2.45, 2.75) is 60.4 Å². The molecule has 0 spiro atoms. The third-order valence-electron chi connectivity index (χ3n) is 5.11. The van der Waals surface area contributed by atoms with Gasteiger partial charge < -0.3 is 16.0 Å². The van der Waals surface area contributed by atoms with E-state index in [0.717, 1.165) is 29.9 Å². The maximum atomic E-state index is 10.7. The molecule has 3 rings (SSSR count). The number of hydrogen-bond donors (Lipinski definition) is 3. The van der Waals surface area contributed by atoms with Gasteiger partial charge in [0, 0.05) is 29.2 Å². The first-order valence-corrected chi connectivity index (χ1v) is 13.0. The van der Waals surface area contributed by atoms with Crippen LogP contribution < -0.4 is 16.0 Å². The number of carbonyl (C=O) groups excluding carboxylic acids is 1. The number of nitrogens with one attached hydrogen (secondary N) is 3. The van der Waals surface area contributed by atoms with Crippen LogP contribution in [0.25, 0.3) is 5.70 Å². The van der Waals surface area contributed by atoms with Crippen molar-refractivity contribution in [2.24, 2.45) is 0 Å². The number of carbonyl (C=O) groups is 1. The molecule has 6 heteroatoms. The Kier molecular flexibility index (Phi) is 15.6. The van der Waals surface area contributed by atoms with Gasteiger partial charge in [0.15, 0.2) is 0 Å². The second-order valence-electron chi connectivity index (χ2n) is 7.91. The highest BCUT2D eigenvalue weighted by Gasteiger charge is 2.08. The van der Waals surface area contributed by atoms with Crippen LogP contribution in [-0.2, 0) is 4.79 Å². The summed E-state index contributed by atoms with van der Waals surface area (Å²) in [6, 6.07) is 20.4. The molecular formula is C30H41ClN4O. The molecule has 1 unspecified atom stereocenters. The van der Waals surface area contributed by atoms with E-state index in [1.165, 1.54) is 17.5 Å². The topological polar surface area (TPSA) is 66.0 Å². The van der Waals surface area contributed by atoms with E-state index in [0.29, 0.717) is 23.3 Å². The molecule has 3 N–H and O–H groups in total. The number of aryl methyl sites for hydroxylation is 1. The highest BCUT2D eigenvalue weighted by atomic mass is 35.5. The van der Waals surface area contributed by atoms with Crippen molar-refractivity contribution in [2.75, 3.05) is 17.2 Å². The average molecular weight is 509 g/mol. The van der Waals surface area contributed by atoms with Crippen molar-refractivity contribution in [3.63, 3.8) is 0 Å². The molecule has 0 aliphatic rings. The molecule has 1 amide bonds. The maximum absolute atomic E-state index is 10.7. The predicted molar refractivity (Wildman–Crippen MR) is 157 cm³/mol. The van der Waals surface area contributed by atoms with Gasteiger partial charge >= 0.3 is 0 Å². The number of rotatable bonds is 10. The SMILES string of the molecule is CC.CC/C=C(/Nc1ccc(Cl)cn1)c1ccccc1NC=O.CCCNC(C)c1ccc(C)cc1. The highest BCUT2D eigenvalue weighted by Crippen LogP contribution is 2.25. The van der Waals surface area contributed by atoms with Gasteiger partial charge in [-0.3, -0.25) is 4.79 Å². The lowest BCUT2D eigenvalue weighted by molar-refractivity contribution is -0.105. The van der Waals surface area contributed by atoms with E-state index in [2.05, 4.69) is 66.0 Å². The Hall–Kier alpha value is -3.15. The van der Waals surface area contributed by atoms with Gasteiger partial charge in [0.05, 0.1) is 5.02 Å². The van der Waals surface area contributed by atoms with E-state index in [9.17, 15) is 4.79 Å². The molecule has 0 aliphatic heterocycles. The van der Waals surface area contributed by atoms with Crippen LogP contribution in [0.5, 0.6) is 0 Å². The number of anilines is 2. The van der Waals surface area contributed by atoms with Crippen LogP contribution in [0.15, 0.2) is 72.9 Å². The van der Waals surface area contributed by atoms with Gasteiger partial charge in [-0.2, -0.15) is 0 Å². The molecule has 1 atom stereocenters. The Morgan fingerprint density at radius 2 is 1.72 bits per heavy atom. The van der Waals surface area contributed by atoms with Gasteiger partial charge in [0.1, 0.15) is 5.82 Å². The van der Waals surface area contributed by atoms with Crippen molar-refractivity contribution in [3.8, 4) is 0 Å². The van der Waals surface area contributed by atoms with Crippen LogP contribution in [0.3, 0.4) is 0 Å². The average Bonchev–Trinajstić information content (AvgIpc) is 2.91. The summed E-state index contributed by atoms with van der Waals surface area (Å²) >= 11 is 5.84. The molecule has 2 aromatic carbocycles. The molecular weight excluding hydrogens is 468 g/mol. The van der Waals surface area contributed by atoms with Crippen LogP contribution in [0, 0.1) is 6.92 Å². The molecule has 0 fully saturated rings. The molecule has 0 bridgehead atoms. The van der Waals surface area contributed by atoms with E-state index < -0.39 is 0 Å². The number of hydrogen-bond acceptors (Lipinski definition) is 4. The Morgan fingerprint density at radius 3 is 2.31 bits per heavy atom. The second-order valence-corrected chi connectivity index (χ2v) is 8.34. The molecule has 1 aromatic heterocycles. The monoisotopic (exact) mass is 508 g/mol.